The van der Waals surface area contributed by atoms with Gasteiger partial charge in [-0.25, -0.2) is 9.97 Å². The number of ketones is 1. The molecule has 3 aromatic heterocycles. The number of carbonyl (C=O) groups is 1. The van der Waals surface area contributed by atoms with Crippen LogP contribution in [0.15, 0.2) is 54.9 Å². The number of pyridine rings is 1. The summed E-state index contributed by atoms with van der Waals surface area (Å²) < 4.78 is 2.08. The Morgan fingerprint density at radius 2 is 2.12 bits per heavy atom. The Labute approximate surface area is 155 Å². The van der Waals surface area contributed by atoms with Gasteiger partial charge >= 0.3 is 0 Å². The molecule has 4 rings (SSSR count). The number of fused-ring (bicyclic) bond motifs is 1. The van der Waals surface area contributed by atoms with E-state index in [2.05, 4.69) is 19.7 Å². The molecule has 3 heterocycles. The second-order valence-electron chi connectivity index (χ2n) is 5.99. The van der Waals surface area contributed by atoms with Gasteiger partial charge in [0.05, 0.1) is 16.3 Å². The van der Waals surface area contributed by atoms with Crippen LogP contribution in [-0.2, 0) is 0 Å². The number of aromatic nitrogens is 3. The summed E-state index contributed by atoms with van der Waals surface area (Å²) in [6.45, 7) is 3.88. The number of hydrogen-bond donors (Lipinski definition) is 1. The Bertz CT molecular complexity index is 1100. The first-order chi connectivity index (χ1) is 12.7. The van der Waals surface area contributed by atoms with Crippen LogP contribution < -0.4 is 5.32 Å². The molecule has 1 N–H and O–H groups in total. The molecule has 0 saturated carbocycles. The fourth-order valence-electron chi connectivity index (χ4n) is 2.95. The summed E-state index contributed by atoms with van der Waals surface area (Å²) in [4.78, 5) is 22.0. The lowest BCUT2D eigenvalue weighted by Crippen LogP contribution is -1.97. The minimum absolute atomic E-state index is 0.134. The second kappa shape index (κ2) is 6.72. The molecule has 0 aliphatic carbocycles. The van der Waals surface area contributed by atoms with Crippen LogP contribution in [-0.4, -0.2) is 20.2 Å². The lowest BCUT2D eigenvalue weighted by molar-refractivity contribution is 0.0988. The van der Waals surface area contributed by atoms with Crippen LogP contribution in [0.5, 0.6) is 0 Å². The summed E-state index contributed by atoms with van der Waals surface area (Å²) >= 11 is 1.57. The molecule has 0 unspecified atom stereocenters. The predicted octanol–water partition coefficient (Wildman–Crippen LogP) is 5.10. The highest BCUT2D eigenvalue weighted by atomic mass is 32.1. The Balaban J connectivity index is 1.65. The number of aryl methyl sites for hydroxylation is 1. The minimum Gasteiger partial charge on any atom is -0.332 e. The minimum atomic E-state index is 0.134. The molecule has 6 heteroatoms. The average Bonchev–Trinajstić information content (AvgIpc) is 3.24. The second-order valence-corrected chi connectivity index (χ2v) is 7.02. The van der Waals surface area contributed by atoms with E-state index >= 15 is 0 Å². The molecule has 1 aromatic carbocycles. The third-order valence-corrected chi connectivity index (χ3v) is 5.12. The topological polar surface area (TPSA) is 59.3 Å². The van der Waals surface area contributed by atoms with Gasteiger partial charge in [0, 0.05) is 30.1 Å². The number of thiazole rings is 1. The van der Waals surface area contributed by atoms with Crippen LogP contribution in [0.25, 0.3) is 16.2 Å². The molecule has 0 fully saturated rings. The Morgan fingerprint density at radius 3 is 2.96 bits per heavy atom. The number of benzene rings is 1. The highest BCUT2D eigenvalue weighted by Gasteiger charge is 2.14. The average molecular weight is 362 g/mol. The van der Waals surface area contributed by atoms with Gasteiger partial charge in [-0.1, -0.05) is 36.5 Å². The standard InChI is InChI=1S/C20H18N4OS/c1-3-16(25)14-7-6-8-15(11-14)23-20-21-12-17(26-20)19-13(2)22-18-9-4-5-10-24(18)19/h4-12H,3H2,1-2H3,(H,21,23). The molecule has 0 aliphatic heterocycles. The van der Waals surface area contributed by atoms with Crippen LogP contribution in [0, 0.1) is 6.92 Å². The first-order valence-corrected chi connectivity index (χ1v) is 9.27. The van der Waals surface area contributed by atoms with E-state index in [9.17, 15) is 4.79 Å². The highest BCUT2D eigenvalue weighted by molar-refractivity contribution is 7.18. The van der Waals surface area contributed by atoms with Gasteiger partial charge in [0.15, 0.2) is 10.9 Å². The van der Waals surface area contributed by atoms with Gasteiger partial charge in [0.25, 0.3) is 0 Å². The van der Waals surface area contributed by atoms with Crippen molar-refractivity contribution in [2.75, 3.05) is 5.32 Å². The monoisotopic (exact) mass is 362 g/mol. The normalized spacial score (nSPS) is 11.0. The summed E-state index contributed by atoms with van der Waals surface area (Å²) in [5, 5.41) is 4.08. The first-order valence-electron chi connectivity index (χ1n) is 8.46. The number of anilines is 2. The fourth-order valence-corrected chi connectivity index (χ4v) is 3.88. The third-order valence-electron chi connectivity index (χ3n) is 4.20. The Morgan fingerprint density at radius 1 is 1.23 bits per heavy atom. The maximum absolute atomic E-state index is 11.9. The van der Waals surface area contributed by atoms with Gasteiger partial charge in [-0.3, -0.25) is 9.20 Å². The molecule has 0 amide bonds. The van der Waals surface area contributed by atoms with Crippen molar-refractivity contribution in [3.05, 3.63) is 66.1 Å². The highest BCUT2D eigenvalue weighted by Crippen LogP contribution is 2.33. The molecule has 0 spiro atoms. The van der Waals surface area contributed by atoms with Crippen molar-refractivity contribution in [2.45, 2.75) is 20.3 Å². The van der Waals surface area contributed by atoms with Gasteiger partial charge in [-0.15, -0.1) is 0 Å². The summed E-state index contributed by atoms with van der Waals surface area (Å²) in [6.07, 6.45) is 4.37. The number of nitrogens with one attached hydrogen (secondary N) is 1. The summed E-state index contributed by atoms with van der Waals surface area (Å²) in [5.74, 6) is 0.134. The predicted molar refractivity (Wildman–Crippen MR) is 105 cm³/mol. The van der Waals surface area contributed by atoms with Gasteiger partial charge in [0.1, 0.15) is 5.65 Å². The van der Waals surface area contributed by atoms with E-state index in [-0.39, 0.29) is 5.78 Å². The zero-order chi connectivity index (χ0) is 18.1. The molecule has 0 aliphatic rings. The molecular formula is C20H18N4OS. The van der Waals surface area contributed by atoms with Gasteiger partial charge in [0.2, 0.25) is 0 Å². The maximum Gasteiger partial charge on any atom is 0.187 e. The van der Waals surface area contributed by atoms with Crippen molar-refractivity contribution in [1.82, 2.24) is 14.4 Å². The van der Waals surface area contributed by atoms with Crippen molar-refractivity contribution >= 4 is 33.6 Å². The van der Waals surface area contributed by atoms with E-state index in [0.717, 1.165) is 32.7 Å². The Kier molecular flexibility index (Phi) is 4.26. The van der Waals surface area contributed by atoms with Crippen LogP contribution in [0.2, 0.25) is 0 Å². The largest absolute Gasteiger partial charge is 0.332 e. The van der Waals surface area contributed by atoms with E-state index in [0.29, 0.717) is 12.0 Å². The molecular weight excluding hydrogens is 344 g/mol. The van der Waals surface area contributed by atoms with E-state index in [4.69, 9.17) is 0 Å². The molecule has 0 saturated heterocycles. The number of carbonyl (C=O) groups excluding carboxylic acids is 1. The van der Waals surface area contributed by atoms with E-state index in [1.54, 1.807) is 11.3 Å². The van der Waals surface area contributed by atoms with E-state index in [1.807, 2.05) is 68.7 Å². The number of nitrogens with zero attached hydrogens (tertiary/aromatic N) is 3. The van der Waals surface area contributed by atoms with Crippen molar-refractivity contribution in [3.8, 4) is 10.6 Å². The first kappa shape index (κ1) is 16.5. The molecule has 0 bridgehead atoms. The van der Waals surface area contributed by atoms with Crippen molar-refractivity contribution in [3.63, 3.8) is 0 Å². The molecule has 0 atom stereocenters. The fraction of sp³-hybridized carbons (Fsp3) is 0.150. The van der Waals surface area contributed by atoms with Gasteiger partial charge < -0.3 is 5.32 Å². The van der Waals surface area contributed by atoms with E-state index in [1.165, 1.54) is 0 Å². The van der Waals surface area contributed by atoms with Crippen LogP contribution in [0.1, 0.15) is 29.4 Å². The van der Waals surface area contributed by atoms with Crippen molar-refractivity contribution in [1.29, 1.82) is 0 Å². The van der Waals surface area contributed by atoms with Crippen LogP contribution >= 0.6 is 11.3 Å². The smallest absolute Gasteiger partial charge is 0.187 e. The van der Waals surface area contributed by atoms with Crippen LogP contribution in [0.4, 0.5) is 10.8 Å². The quantitative estimate of drug-likeness (QED) is 0.502. The zero-order valence-electron chi connectivity index (χ0n) is 14.6. The summed E-state index contributed by atoms with van der Waals surface area (Å²) in [5.41, 5.74) is 4.53. The Hall–Kier alpha value is -2.99. The lowest BCUT2D eigenvalue weighted by Gasteiger charge is -2.04. The summed E-state index contributed by atoms with van der Waals surface area (Å²) in [7, 11) is 0. The number of Topliss-reactive ketones (excluding diaryl/α,β-unsaturated/α-hetero) is 1. The molecule has 26 heavy (non-hydrogen) atoms. The number of hydrogen-bond acceptors (Lipinski definition) is 5. The van der Waals surface area contributed by atoms with Crippen molar-refractivity contribution < 1.29 is 4.79 Å². The molecule has 4 aromatic rings. The molecule has 0 radical (unpaired) electrons. The molecule has 130 valence electrons. The van der Waals surface area contributed by atoms with Gasteiger partial charge in [-0.05, 0) is 31.2 Å². The zero-order valence-corrected chi connectivity index (χ0v) is 15.4. The molecule has 5 nitrogen and oxygen atoms in total. The lowest BCUT2D eigenvalue weighted by atomic mass is 10.1. The summed E-state index contributed by atoms with van der Waals surface area (Å²) in [6, 6.07) is 13.5. The number of imidazole rings is 1. The maximum atomic E-state index is 11.9. The van der Waals surface area contributed by atoms with Crippen molar-refractivity contribution in [2.24, 2.45) is 0 Å². The third kappa shape index (κ3) is 2.99. The van der Waals surface area contributed by atoms with E-state index < -0.39 is 0 Å². The van der Waals surface area contributed by atoms with Crippen LogP contribution in [0.3, 0.4) is 0 Å². The number of rotatable bonds is 5. The SMILES string of the molecule is CCC(=O)c1cccc(Nc2ncc(-c3c(C)nc4ccccn34)s2)c1. The van der Waals surface area contributed by atoms with Gasteiger partial charge in [-0.2, -0.15) is 0 Å².